The molecule has 1 fully saturated rings. The summed E-state index contributed by atoms with van der Waals surface area (Å²) in [6.45, 7) is 0.494. The number of benzene rings is 1. The van der Waals surface area contributed by atoms with Gasteiger partial charge in [-0.15, -0.1) is 0 Å². The van der Waals surface area contributed by atoms with Crippen molar-refractivity contribution in [2.75, 3.05) is 7.05 Å². The zero-order chi connectivity index (χ0) is 14.5. The number of hydrogen-bond acceptors (Lipinski definition) is 4. The highest BCUT2D eigenvalue weighted by atomic mass is 79.9. The first-order valence-corrected chi connectivity index (χ1v) is 7.61. The minimum Gasteiger partial charge on any atom is -0.374 e. The number of ether oxygens (including phenoxy) is 1. The maximum atomic E-state index is 10.7. The molecule has 2 rings (SSSR count). The van der Waals surface area contributed by atoms with E-state index in [1.165, 1.54) is 12.1 Å². The van der Waals surface area contributed by atoms with Gasteiger partial charge in [-0.25, -0.2) is 0 Å². The first-order valence-electron chi connectivity index (χ1n) is 6.82. The molecular weight excluding hydrogens is 324 g/mol. The van der Waals surface area contributed by atoms with E-state index in [1.807, 2.05) is 7.05 Å². The lowest BCUT2D eigenvalue weighted by Crippen LogP contribution is -2.32. The Morgan fingerprint density at radius 1 is 1.40 bits per heavy atom. The zero-order valence-electron chi connectivity index (χ0n) is 11.5. The molecule has 0 heterocycles. The normalized spacial score (nSPS) is 22.7. The van der Waals surface area contributed by atoms with Crippen molar-refractivity contribution < 1.29 is 9.66 Å². The number of nitro benzene ring substituents is 1. The van der Waals surface area contributed by atoms with Gasteiger partial charge in [0.1, 0.15) is 0 Å². The smallest absolute Gasteiger partial charge is 0.270 e. The highest BCUT2D eigenvalue weighted by Crippen LogP contribution is 2.26. The molecule has 1 saturated carbocycles. The number of nitrogens with one attached hydrogen (secondary N) is 1. The minimum absolute atomic E-state index is 0.0927. The zero-order valence-corrected chi connectivity index (χ0v) is 13.1. The summed E-state index contributed by atoms with van der Waals surface area (Å²) in [5, 5.41) is 14.0. The topological polar surface area (TPSA) is 64.4 Å². The van der Waals surface area contributed by atoms with Crippen LogP contribution < -0.4 is 5.32 Å². The number of rotatable bonds is 5. The van der Waals surface area contributed by atoms with Crippen molar-refractivity contribution >= 4 is 21.6 Å². The van der Waals surface area contributed by atoms with Gasteiger partial charge in [0.2, 0.25) is 0 Å². The van der Waals surface area contributed by atoms with Crippen LogP contribution in [-0.2, 0) is 11.3 Å². The number of nitrogens with zero attached hydrogens (tertiary/aromatic N) is 1. The van der Waals surface area contributed by atoms with E-state index in [9.17, 15) is 10.1 Å². The summed E-state index contributed by atoms with van der Waals surface area (Å²) < 4.78 is 6.65. The van der Waals surface area contributed by atoms with E-state index in [0.717, 1.165) is 35.7 Å². The SMILES string of the molecule is CNC1CCC(OCc2ccc([N+](=O)[O-])cc2Br)CC1. The lowest BCUT2D eigenvalue weighted by molar-refractivity contribution is -0.384. The van der Waals surface area contributed by atoms with Gasteiger partial charge in [0, 0.05) is 22.6 Å². The summed E-state index contributed by atoms with van der Waals surface area (Å²) in [6.07, 6.45) is 4.71. The van der Waals surface area contributed by atoms with Crippen molar-refractivity contribution in [2.45, 2.75) is 44.4 Å². The van der Waals surface area contributed by atoms with Gasteiger partial charge in [0.05, 0.1) is 17.6 Å². The van der Waals surface area contributed by atoms with Crippen LogP contribution in [-0.4, -0.2) is 24.1 Å². The van der Waals surface area contributed by atoms with E-state index in [2.05, 4.69) is 21.2 Å². The van der Waals surface area contributed by atoms with Crippen LogP contribution in [0.5, 0.6) is 0 Å². The summed E-state index contributed by atoms with van der Waals surface area (Å²) >= 11 is 3.37. The van der Waals surface area contributed by atoms with Gasteiger partial charge in [0.15, 0.2) is 0 Å². The molecule has 0 radical (unpaired) electrons. The van der Waals surface area contributed by atoms with E-state index >= 15 is 0 Å². The molecule has 0 saturated heterocycles. The van der Waals surface area contributed by atoms with Crippen molar-refractivity contribution in [3.63, 3.8) is 0 Å². The van der Waals surface area contributed by atoms with E-state index in [0.29, 0.717) is 18.8 Å². The average molecular weight is 343 g/mol. The predicted octanol–water partition coefficient (Wildman–Crippen LogP) is 3.40. The molecule has 1 aromatic carbocycles. The van der Waals surface area contributed by atoms with Crippen LogP contribution in [0.4, 0.5) is 5.69 Å². The second-order valence-corrected chi connectivity index (χ2v) is 5.96. The Labute approximate surface area is 127 Å². The molecule has 1 aliphatic rings. The van der Waals surface area contributed by atoms with Crippen LogP contribution in [0.15, 0.2) is 22.7 Å². The Bertz CT molecular complexity index is 473. The summed E-state index contributed by atoms with van der Waals surface area (Å²) in [4.78, 5) is 10.3. The monoisotopic (exact) mass is 342 g/mol. The molecule has 0 aromatic heterocycles. The van der Waals surface area contributed by atoms with E-state index in [4.69, 9.17) is 4.74 Å². The minimum atomic E-state index is -0.394. The Balaban J connectivity index is 1.87. The highest BCUT2D eigenvalue weighted by Gasteiger charge is 2.20. The van der Waals surface area contributed by atoms with Crippen molar-refractivity contribution in [1.29, 1.82) is 0 Å². The molecule has 20 heavy (non-hydrogen) atoms. The highest BCUT2D eigenvalue weighted by molar-refractivity contribution is 9.10. The summed E-state index contributed by atoms with van der Waals surface area (Å²) in [7, 11) is 2.00. The fraction of sp³-hybridized carbons (Fsp3) is 0.571. The molecule has 1 N–H and O–H groups in total. The molecule has 0 aliphatic heterocycles. The summed E-state index contributed by atoms with van der Waals surface area (Å²) in [5.41, 5.74) is 1.04. The molecule has 0 spiro atoms. The quantitative estimate of drug-likeness (QED) is 0.657. The van der Waals surface area contributed by atoms with Gasteiger partial charge in [-0.2, -0.15) is 0 Å². The van der Waals surface area contributed by atoms with E-state index < -0.39 is 4.92 Å². The van der Waals surface area contributed by atoms with Crippen molar-refractivity contribution in [1.82, 2.24) is 5.32 Å². The van der Waals surface area contributed by atoms with Crippen LogP contribution in [0.2, 0.25) is 0 Å². The fourth-order valence-electron chi connectivity index (χ4n) is 2.49. The molecule has 110 valence electrons. The number of halogens is 1. The Morgan fingerprint density at radius 3 is 2.65 bits per heavy atom. The second-order valence-electron chi connectivity index (χ2n) is 5.11. The van der Waals surface area contributed by atoms with Gasteiger partial charge in [-0.05, 0) is 44.4 Å². The summed E-state index contributed by atoms with van der Waals surface area (Å²) in [6, 6.07) is 5.40. The third-order valence-electron chi connectivity index (χ3n) is 3.80. The van der Waals surface area contributed by atoms with Gasteiger partial charge in [-0.3, -0.25) is 10.1 Å². The third kappa shape index (κ3) is 4.01. The lowest BCUT2D eigenvalue weighted by Gasteiger charge is -2.28. The fourth-order valence-corrected chi connectivity index (χ4v) is 2.97. The number of nitro groups is 1. The van der Waals surface area contributed by atoms with Crippen LogP contribution in [0.25, 0.3) is 0 Å². The Kier molecular flexibility index (Phi) is 5.51. The van der Waals surface area contributed by atoms with Crippen molar-refractivity contribution in [2.24, 2.45) is 0 Å². The van der Waals surface area contributed by atoms with Crippen LogP contribution in [0.1, 0.15) is 31.2 Å². The Morgan fingerprint density at radius 2 is 2.10 bits per heavy atom. The molecule has 0 amide bonds. The Hall–Kier alpha value is -0.980. The van der Waals surface area contributed by atoms with Gasteiger partial charge < -0.3 is 10.1 Å². The number of hydrogen-bond donors (Lipinski definition) is 1. The van der Waals surface area contributed by atoms with Crippen molar-refractivity contribution in [3.8, 4) is 0 Å². The van der Waals surface area contributed by atoms with Gasteiger partial charge in [0.25, 0.3) is 5.69 Å². The molecule has 6 heteroatoms. The maximum Gasteiger partial charge on any atom is 0.270 e. The first-order chi connectivity index (χ1) is 9.60. The molecule has 0 atom stereocenters. The average Bonchev–Trinajstić information content (AvgIpc) is 2.46. The van der Waals surface area contributed by atoms with Gasteiger partial charge in [-0.1, -0.05) is 15.9 Å². The van der Waals surface area contributed by atoms with E-state index in [1.54, 1.807) is 6.07 Å². The largest absolute Gasteiger partial charge is 0.374 e. The predicted molar refractivity (Wildman–Crippen MR) is 80.7 cm³/mol. The molecule has 1 aromatic rings. The van der Waals surface area contributed by atoms with Crippen LogP contribution >= 0.6 is 15.9 Å². The maximum absolute atomic E-state index is 10.7. The van der Waals surface area contributed by atoms with Crippen LogP contribution in [0.3, 0.4) is 0 Å². The molecule has 0 unspecified atom stereocenters. The molecular formula is C14H19BrN2O3. The third-order valence-corrected chi connectivity index (χ3v) is 4.54. The lowest BCUT2D eigenvalue weighted by atomic mass is 9.93. The molecule has 0 bridgehead atoms. The van der Waals surface area contributed by atoms with Gasteiger partial charge >= 0.3 is 0 Å². The molecule has 5 nitrogen and oxygen atoms in total. The first kappa shape index (κ1) is 15.4. The standard InChI is InChI=1S/C14H19BrN2O3/c1-16-11-3-6-13(7-4-11)20-9-10-2-5-12(17(18)19)8-14(10)15/h2,5,8,11,13,16H,3-4,6-7,9H2,1H3. The summed E-state index contributed by atoms with van der Waals surface area (Å²) in [5.74, 6) is 0. The van der Waals surface area contributed by atoms with Crippen LogP contribution in [0, 0.1) is 10.1 Å². The second kappa shape index (κ2) is 7.15. The molecule has 1 aliphatic carbocycles. The van der Waals surface area contributed by atoms with Crippen molar-refractivity contribution in [3.05, 3.63) is 38.3 Å². The van der Waals surface area contributed by atoms with E-state index in [-0.39, 0.29) is 5.69 Å². The number of non-ortho nitro benzene ring substituents is 1.